The SMILES string of the molecule is c1ccc(-c2ccc3c(c2)C2(c4ccccc4-c4cccc5cccc2c45)c2cccc4c(N(c5ccc6ccccc6c5)c5cc6ccccc6cc5-c5ccccc5)ccc-3c24)cc1. The van der Waals surface area contributed by atoms with Crippen LogP contribution in [0.2, 0.25) is 0 Å². The normalized spacial score (nSPS) is 14.4. The molecule has 66 heavy (non-hydrogen) atoms. The van der Waals surface area contributed by atoms with Gasteiger partial charge in [0.15, 0.2) is 0 Å². The lowest BCUT2D eigenvalue weighted by atomic mass is 9.55. The predicted octanol–water partition coefficient (Wildman–Crippen LogP) is 17.4. The first-order chi connectivity index (χ1) is 32.7. The van der Waals surface area contributed by atoms with E-state index in [1.165, 1.54) is 110 Å². The van der Waals surface area contributed by atoms with Gasteiger partial charge < -0.3 is 4.90 Å². The first-order valence-corrected chi connectivity index (χ1v) is 23.0. The molecule has 0 aromatic heterocycles. The maximum Gasteiger partial charge on any atom is 0.0726 e. The number of benzene rings is 12. The van der Waals surface area contributed by atoms with E-state index in [1.54, 1.807) is 0 Å². The van der Waals surface area contributed by atoms with Crippen molar-refractivity contribution in [2.75, 3.05) is 4.90 Å². The van der Waals surface area contributed by atoms with Gasteiger partial charge in [0, 0.05) is 16.6 Å². The number of fused-ring (bicyclic) bond motifs is 10. The maximum absolute atomic E-state index is 2.54. The summed E-state index contributed by atoms with van der Waals surface area (Å²) in [5.41, 5.74) is 17.9. The number of hydrogen-bond acceptors (Lipinski definition) is 1. The second-order valence-corrected chi connectivity index (χ2v) is 17.9. The summed E-state index contributed by atoms with van der Waals surface area (Å²) in [5.74, 6) is 0. The van der Waals surface area contributed by atoms with Crippen molar-refractivity contribution in [1.29, 1.82) is 0 Å². The molecule has 2 aliphatic carbocycles. The third-order valence-electron chi connectivity index (χ3n) is 14.6. The molecule has 1 heteroatoms. The van der Waals surface area contributed by atoms with Crippen LogP contribution in [0, 0.1) is 0 Å². The van der Waals surface area contributed by atoms with Crippen molar-refractivity contribution in [2.45, 2.75) is 5.41 Å². The molecule has 1 unspecified atom stereocenters. The van der Waals surface area contributed by atoms with Crippen LogP contribution in [0.25, 0.3) is 87.6 Å². The molecule has 0 radical (unpaired) electrons. The second-order valence-electron chi connectivity index (χ2n) is 17.9. The van der Waals surface area contributed by atoms with E-state index in [9.17, 15) is 0 Å². The summed E-state index contributed by atoms with van der Waals surface area (Å²) in [7, 11) is 0. The van der Waals surface area contributed by atoms with Gasteiger partial charge in [0.1, 0.15) is 0 Å². The number of nitrogens with zero attached hydrogens (tertiary/aromatic N) is 1. The fourth-order valence-electron chi connectivity index (χ4n) is 11.8. The Hall–Kier alpha value is -8.52. The van der Waals surface area contributed by atoms with E-state index in [4.69, 9.17) is 0 Å². The van der Waals surface area contributed by atoms with E-state index in [1.807, 2.05) is 0 Å². The molecule has 14 rings (SSSR count). The van der Waals surface area contributed by atoms with Crippen LogP contribution in [-0.4, -0.2) is 0 Å². The van der Waals surface area contributed by atoms with Gasteiger partial charge in [-0.1, -0.05) is 212 Å². The van der Waals surface area contributed by atoms with Gasteiger partial charge in [0.25, 0.3) is 0 Å². The summed E-state index contributed by atoms with van der Waals surface area (Å²) in [6, 6.07) is 93.2. The van der Waals surface area contributed by atoms with Gasteiger partial charge in [-0.05, 0) is 135 Å². The first kappa shape index (κ1) is 36.9. The quantitative estimate of drug-likeness (QED) is 0.167. The van der Waals surface area contributed by atoms with Crippen LogP contribution in [0.5, 0.6) is 0 Å². The minimum Gasteiger partial charge on any atom is -0.309 e. The zero-order valence-electron chi connectivity index (χ0n) is 36.1. The van der Waals surface area contributed by atoms with E-state index in [0.29, 0.717) is 0 Å². The highest BCUT2D eigenvalue weighted by molar-refractivity contribution is 6.15. The average molecular weight is 836 g/mol. The molecule has 0 aliphatic heterocycles. The van der Waals surface area contributed by atoms with Gasteiger partial charge in [0.05, 0.1) is 16.8 Å². The monoisotopic (exact) mass is 835 g/mol. The minimum atomic E-state index is -0.623. The fourth-order valence-corrected chi connectivity index (χ4v) is 11.8. The molecule has 12 aromatic carbocycles. The van der Waals surface area contributed by atoms with Crippen molar-refractivity contribution in [2.24, 2.45) is 0 Å². The van der Waals surface area contributed by atoms with E-state index in [2.05, 4.69) is 254 Å². The summed E-state index contributed by atoms with van der Waals surface area (Å²) in [6.45, 7) is 0. The Morgan fingerprint density at radius 1 is 0.258 bits per heavy atom. The van der Waals surface area contributed by atoms with Gasteiger partial charge in [-0.15, -0.1) is 0 Å². The van der Waals surface area contributed by atoms with Gasteiger partial charge in [0.2, 0.25) is 0 Å². The first-order valence-electron chi connectivity index (χ1n) is 23.0. The highest BCUT2D eigenvalue weighted by atomic mass is 15.1. The lowest BCUT2D eigenvalue weighted by Gasteiger charge is -2.46. The predicted molar refractivity (Wildman–Crippen MR) is 278 cm³/mol. The molecule has 0 N–H and O–H groups in total. The Balaban J connectivity index is 1.14. The van der Waals surface area contributed by atoms with Crippen molar-refractivity contribution >= 4 is 60.2 Å². The van der Waals surface area contributed by atoms with E-state index < -0.39 is 5.41 Å². The molecule has 1 nitrogen and oxygen atoms in total. The van der Waals surface area contributed by atoms with Crippen LogP contribution >= 0.6 is 0 Å². The molecule has 1 atom stereocenters. The molecule has 0 bridgehead atoms. The lowest BCUT2D eigenvalue weighted by Crippen LogP contribution is -2.36. The Labute approximate surface area is 384 Å². The number of hydrogen-bond donors (Lipinski definition) is 0. The molecule has 0 heterocycles. The summed E-state index contributed by atoms with van der Waals surface area (Å²) in [5, 5.41) is 9.94. The molecule has 2 aliphatic rings. The van der Waals surface area contributed by atoms with Crippen molar-refractivity contribution < 1.29 is 0 Å². The van der Waals surface area contributed by atoms with E-state index >= 15 is 0 Å². The van der Waals surface area contributed by atoms with Crippen LogP contribution in [0.15, 0.2) is 249 Å². The zero-order valence-corrected chi connectivity index (χ0v) is 36.1. The molecule has 0 fully saturated rings. The fraction of sp³-hybridized carbons (Fsp3) is 0.0154. The highest BCUT2D eigenvalue weighted by Gasteiger charge is 2.49. The third kappa shape index (κ3) is 5.23. The Kier molecular flexibility index (Phi) is 7.97. The minimum absolute atomic E-state index is 0.623. The summed E-state index contributed by atoms with van der Waals surface area (Å²) < 4.78 is 0. The largest absolute Gasteiger partial charge is 0.309 e. The number of rotatable bonds is 5. The maximum atomic E-state index is 2.54. The third-order valence-corrected chi connectivity index (χ3v) is 14.6. The van der Waals surface area contributed by atoms with Gasteiger partial charge in [-0.3, -0.25) is 0 Å². The lowest BCUT2D eigenvalue weighted by molar-refractivity contribution is 0.755. The molecule has 0 amide bonds. The highest BCUT2D eigenvalue weighted by Crippen LogP contribution is 2.62. The molecule has 1 spiro atoms. The summed E-state index contributed by atoms with van der Waals surface area (Å²) in [4.78, 5) is 2.54. The van der Waals surface area contributed by atoms with Gasteiger partial charge >= 0.3 is 0 Å². The molecule has 12 aromatic rings. The van der Waals surface area contributed by atoms with Crippen LogP contribution in [0.1, 0.15) is 22.3 Å². The van der Waals surface area contributed by atoms with E-state index in [-0.39, 0.29) is 0 Å². The van der Waals surface area contributed by atoms with Crippen molar-refractivity contribution in [3.8, 4) is 44.5 Å². The van der Waals surface area contributed by atoms with Crippen molar-refractivity contribution in [1.82, 2.24) is 0 Å². The van der Waals surface area contributed by atoms with Crippen LogP contribution in [-0.2, 0) is 5.41 Å². The smallest absolute Gasteiger partial charge is 0.0726 e. The summed E-state index contributed by atoms with van der Waals surface area (Å²) in [6.07, 6.45) is 0. The Morgan fingerprint density at radius 2 is 0.818 bits per heavy atom. The van der Waals surface area contributed by atoms with Gasteiger partial charge in [-0.2, -0.15) is 0 Å². The van der Waals surface area contributed by atoms with Crippen molar-refractivity contribution in [3.05, 3.63) is 271 Å². The molecule has 0 saturated heterocycles. The molecular formula is C65H41N. The van der Waals surface area contributed by atoms with Crippen LogP contribution < -0.4 is 4.90 Å². The topological polar surface area (TPSA) is 3.24 Å². The van der Waals surface area contributed by atoms with Gasteiger partial charge in [-0.25, -0.2) is 0 Å². The molecular weight excluding hydrogens is 795 g/mol. The van der Waals surface area contributed by atoms with E-state index in [0.717, 1.165) is 17.1 Å². The molecule has 0 saturated carbocycles. The summed E-state index contributed by atoms with van der Waals surface area (Å²) >= 11 is 0. The Bertz CT molecular complexity index is 3940. The van der Waals surface area contributed by atoms with Crippen LogP contribution in [0.3, 0.4) is 0 Å². The standard InChI is InChI=1S/C65H41N/c1-3-16-42(17-4-1)49-33-35-52-54-36-37-61(66(50-34-32-43-18-7-8-21-46(43)38-50)62-41-48-23-10-9-22-47(48)39-56(62)44-19-5-2-6-20-44)55-28-15-31-59(64(54)55)65(60(52)40-49)57-29-12-11-26-51(57)53-27-13-24-45-25-14-30-58(65)63(45)53/h1-41H. The van der Waals surface area contributed by atoms with Crippen molar-refractivity contribution in [3.63, 3.8) is 0 Å². The molecule has 306 valence electrons. The zero-order chi connectivity index (χ0) is 43.3. The van der Waals surface area contributed by atoms with Crippen LogP contribution in [0.4, 0.5) is 17.1 Å². The Morgan fingerprint density at radius 3 is 1.62 bits per heavy atom. The number of anilines is 3. The second kappa shape index (κ2) is 14.2. The average Bonchev–Trinajstić information content (AvgIpc) is 3.39.